The Hall–Kier alpha value is -6.38. The van der Waals surface area contributed by atoms with Gasteiger partial charge in [-0.05, 0) is 117 Å². The molecule has 11 rings (SSSR count). The normalized spacial score (nSPS) is 12.4. The van der Waals surface area contributed by atoms with Crippen LogP contribution in [-0.4, -0.2) is 9.13 Å². The Morgan fingerprint density at radius 1 is 0.327 bits per heavy atom. The number of nitrogens with zero attached hydrogens (tertiary/aromatic N) is 2. The Bertz CT molecular complexity index is 2960. The van der Waals surface area contributed by atoms with Crippen LogP contribution < -0.4 is 0 Å². The van der Waals surface area contributed by atoms with E-state index >= 15 is 0 Å². The van der Waals surface area contributed by atoms with Gasteiger partial charge in [0.05, 0.1) is 22.1 Å². The SMILES string of the molecule is c1ccc(-n2c3ccccc3c3cc(-c4ccc5c(c4)c4cc6c(cc4n5-c4ccc5ccccc5c4)Cc4ccccc4-6)ccc32)cc1. The minimum atomic E-state index is 0.975. The van der Waals surface area contributed by atoms with Crippen LogP contribution in [0.15, 0.2) is 170 Å². The summed E-state index contributed by atoms with van der Waals surface area (Å²) in [6.07, 6.45) is 0.975. The lowest BCUT2D eigenvalue weighted by Crippen LogP contribution is -1.94. The van der Waals surface area contributed by atoms with Crippen molar-refractivity contribution >= 4 is 54.4 Å². The molecule has 0 unspecified atom stereocenters. The standard InChI is InChI=1S/C47H30N2/c1-2-13-36(14-3-1)48-44-17-9-8-16-39(44)41-26-32(19-22-45(41)48)33-20-23-46-42(27-33)43-29-40-35(24-34-12-6-7-15-38(34)40)28-47(43)49(46)37-21-18-30-10-4-5-11-31(30)25-37/h1-23,25-29H,24H2. The Morgan fingerprint density at radius 2 is 0.959 bits per heavy atom. The van der Waals surface area contributed by atoms with Crippen molar-refractivity contribution in [3.63, 3.8) is 0 Å². The van der Waals surface area contributed by atoms with Crippen molar-refractivity contribution in [3.8, 4) is 33.6 Å². The van der Waals surface area contributed by atoms with Crippen LogP contribution in [0.5, 0.6) is 0 Å². The molecular weight excluding hydrogens is 593 g/mol. The molecule has 0 fully saturated rings. The molecule has 0 saturated heterocycles. The van der Waals surface area contributed by atoms with Gasteiger partial charge >= 0.3 is 0 Å². The van der Waals surface area contributed by atoms with E-state index in [4.69, 9.17) is 0 Å². The van der Waals surface area contributed by atoms with E-state index in [2.05, 4.69) is 179 Å². The molecule has 0 saturated carbocycles. The molecule has 49 heavy (non-hydrogen) atoms. The number of hydrogen-bond acceptors (Lipinski definition) is 0. The van der Waals surface area contributed by atoms with Gasteiger partial charge in [0.1, 0.15) is 0 Å². The molecule has 0 bridgehead atoms. The fourth-order valence-corrected chi connectivity index (χ4v) is 8.43. The second-order valence-corrected chi connectivity index (χ2v) is 13.4. The van der Waals surface area contributed by atoms with Crippen molar-refractivity contribution in [1.29, 1.82) is 0 Å². The first-order chi connectivity index (χ1) is 24.3. The number of para-hydroxylation sites is 2. The van der Waals surface area contributed by atoms with Crippen LogP contribution in [0.2, 0.25) is 0 Å². The first-order valence-electron chi connectivity index (χ1n) is 17.1. The van der Waals surface area contributed by atoms with Gasteiger partial charge in [0.25, 0.3) is 0 Å². The van der Waals surface area contributed by atoms with Crippen LogP contribution in [-0.2, 0) is 6.42 Å². The van der Waals surface area contributed by atoms with Crippen LogP contribution in [0.25, 0.3) is 88.0 Å². The minimum Gasteiger partial charge on any atom is -0.309 e. The minimum absolute atomic E-state index is 0.975. The molecule has 1 aliphatic carbocycles. The maximum absolute atomic E-state index is 2.47. The van der Waals surface area contributed by atoms with Crippen molar-refractivity contribution in [1.82, 2.24) is 9.13 Å². The Morgan fingerprint density at radius 3 is 1.80 bits per heavy atom. The Balaban J connectivity index is 1.16. The number of hydrogen-bond donors (Lipinski definition) is 0. The van der Waals surface area contributed by atoms with Crippen LogP contribution in [0.1, 0.15) is 11.1 Å². The summed E-state index contributed by atoms with van der Waals surface area (Å²) in [5.74, 6) is 0. The first-order valence-corrected chi connectivity index (χ1v) is 17.1. The second kappa shape index (κ2) is 10.1. The molecule has 2 heterocycles. The smallest absolute Gasteiger partial charge is 0.0544 e. The molecule has 10 aromatic rings. The number of fused-ring (bicyclic) bond motifs is 10. The van der Waals surface area contributed by atoms with Crippen molar-refractivity contribution in [2.75, 3.05) is 0 Å². The summed E-state index contributed by atoms with van der Waals surface area (Å²) in [4.78, 5) is 0. The van der Waals surface area contributed by atoms with Gasteiger partial charge in [0.2, 0.25) is 0 Å². The molecule has 2 nitrogen and oxygen atoms in total. The van der Waals surface area contributed by atoms with Gasteiger partial charge in [-0.1, -0.05) is 103 Å². The van der Waals surface area contributed by atoms with Crippen LogP contribution in [0.4, 0.5) is 0 Å². The predicted octanol–water partition coefficient (Wildman–Crippen LogP) is 12.3. The lowest BCUT2D eigenvalue weighted by atomic mass is 9.99. The zero-order chi connectivity index (χ0) is 32.1. The van der Waals surface area contributed by atoms with E-state index in [1.807, 2.05) is 0 Å². The van der Waals surface area contributed by atoms with Crippen molar-refractivity contribution < 1.29 is 0 Å². The highest BCUT2D eigenvalue weighted by molar-refractivity contribution is 6.14. The molecule has 0 aliphatic heterocycles. The summed E-state index contributed by atoms with van der Waals surface area (Å²) in [6.45, 7) is 0. The maximum atomic E-state index is 2.47. The summed E-state index contributed by atoms with van der Waals surface area (Å²) in [6, 6.07) is 62.7. The quantitative estimate of drug-likeness (QED) is 0.186. The van der Waals surface area contributed by atoms with E-state index in [9.17, 15) is 0 Å². The number of aromatic nitrogens is 2. The Labute approximate surface area is 283 Å². The van der Waals surface area contributed by atoms with Crippen LogP contribution >= 0.6 is 0 Å². The summed E-state index contributed by atoms with van der Waals surface area (Å²) < 4.78 is 4.86. The highest BCUT2D eigenvalue weighted by Crippen LogP contribution is 2.44. The van der Waals surface area contributed by atoms with Gasteiger partial charge in [0, 0.05) is 32.9 Å². The molecule has 2 heteroatoms. The summed E-state index contributed by atoms with van der Waals surface area (Å²) in [7, 11) is 0. The molecule has 0 spiro atoms. The van der Waals surface area contributed by atoms with E-state index in [-0.39, 0.29) is 0 Å². The maximum Gasteiger partial charge on any atom is 0.0544 e. The third-order valence-corrected chi connectivity index (χ3v) is 10.7. The summed E-state index contributed by atoms with van der Waals surface area (Å²) in [5.41, 5.74) is 15.3. The third-order valence-electron chi connectivity index (χ3n) is 10.7. The first kappa shape index (κ1) is 26.7. The monoisotopic (exact) mass is 622 g/mol. The average molecular weight is 623 g/mol. The fraction of sp³-hybridized carbons (Fsp3) is 0.0213. The molecule has 228 valence electrons. The summed E-state index contributed by atoms with van der Waals surface area (Å²) in [5, 5.41) is 7.62. The van der Waals surface area contributed by atoms with E-state index in [0.29, 0.717) is 0 Å². The summed E-state index contributed by atoms with van der Waals surface area (Å²) >= 11 is 0. The van der Waals surface area contributed by atoms with Gasteiger partial charge in [0.15, 0.2) is 0 Å². The second-order valence-electron chi connectivity index (χ2n) is 13.4. The molecule has 0 radical (unpaired) electrons. The van der Waals surface area contributed by atoms with Gasteiger partial charge in [-0.3, -0.25) is 0 Å². The third kappa shape index (κ3) is 3.89. The lowest BCUT2D eigenvalue weighted by Gasteiger charge is -2.11. The van der Waals surface area contributed by atoms with Crippen LogP contribution in [0.3, 0.4) is 0 Å². The van der Waals surface area contributed by atoms with Crippen molar-refractivity contribution in [3.05, 3.63) is 181 Å². The van der Waals surface area contributed by atoms with Gasteiger partial charge in [-0.25, -0.2) is 0 Å². The lowest BCUT2D eigenvalue weighted by molar-refractivity contribution is 1.18. The number of benzene rings is 8. The fourth-order valence-electron chi connectivity index (χ4n) is 8.43. The van der Waals surface area contributed by atoms with Crippen molar-refractivity contribution in [2.24, 2.45) is 0 Å². The van der Waals surface area contributed by atoms with E-state index in [0.717, 1.165) is 6.42 Å². The van der Waals surface area contributed by atoms with E-state index in [1.54, 1.807) is 0 Å². The molecule has 1 aliphatic rings. The largest absolute Gasteiger partial charge is 0.309 e. The zero-order valence-electron chi connectivity index (χ0n) is 26.8. The molecule has 2 aromatic heterocycles. The topological polar surface area (TPSA) is 9.86 Å². The molecular formula is C47H30N2. The molecule has 0 N–H and O–H groups in total. The Kier molecular flexibility index (Phi) is 5.47. The predicted molar refractivity (Wildman–Crippen MR) is 206 cm³/mol. The van der Waals surface area contributed by atoms with Crippen LogP contribution in [0, 0.1) is 0 Å². The number of rotatable bonds is 3. The van der Waals surface area contributed by atoms with E-state index in [1.165, 1.54) is 99.1 Å². The van der Waals surface area contributed by atoms with E-state index < -0.39 is 0 Å². The van der Waals surface area contributed by atoms with Crippen molar-refractivity contribution in [2.45, 2.75) is 6.42 Å². The average Bonchev–Trinajstić information content (AvgIpc) is 3.80. The highest BCUT2D eigenvalue weighted by Gasteiger charge is 2.22. The molecule has 0 amide bonds. The molecule has 0 atom stereocenters. The molecule has 8 aromatic carbocycles. The van der Waals surface area contributed by atoms with Gasteiger partial charge in [-0.15, -0.1) is 0 Å². The highest BCUT2D eigenvalue weighted by atomic mass is 15.0. The van der Waals surface area contributed by atoms with Gasteiger partial charge < -0.3 is 9.13 Å². The zero-order valence-corrected chi connectivity index (χ0v) is 26.8. The van der Waals surface area contributed by atoms with Gasteiger partial charge in [-0.2, -0.15) is 0 Å².